The third kappa shape index (κ3) is 3.39. The Kier molecular flexibility index (Phi) is 4.48. The molecule has 0 spiro atoms. The van der Waals surface area contributed by atoms with Gasteiger partial charge in [0.05, 0.1) is 0 Å². The van der Waals surface area contributed by atoms with Crippen molar-refractivity contribution in [2.24, 2.45) is 0 Å². The van der Waals surface area contributed by atoms with E-state index in [2.05, 4.69) is 5.32 Å². The fraction of sp³-hybridized carbons (Fsp3) is 0.500. The molecule has 1 amide bonds. The van der Waals surface area contributed by atoms with Gasteiger partial charge in [0.25, 0.3) is 0 Å². The number of piperidine rings is 1. The number of nitrogens with one attached hydrogen (secondary N) is 1. The molecule has 0 aliphatic carbocycles. The Balaban J connectivity index is 1.83. The van der Waals surface area contributed by atoms with Crippen LogP contribution in [0, 0.1) is 0 Å². The molecule has 1 heterocycles. The van der Waals surface area contributed by atoms with Gasteiger partial charge in [-0.15, -0.1) is 0 Å². The van der Waals surface area contributed by atoms with Gasteiger partial charge in [-0.05, 0) is 37.1 Å². The first kappa shape index (κ1) is 13.2. The number of rotatable bonds is 3. The highest BCUT2D eigenvalue weighted by Gasteiger charge is 2.21. The summed E-state index contributed by atoms with van der Waals surface area (Å²) < 4.78 is 0. The van der Waals surface area contributed by atoms with Crippen LogP contribution in [-0.2, 0) is 4.79 Å². The normalized spacial score (nSPS) is 16.7. The number of anilines is 1. The molecular weight excluding hydrogens is 248 g/mol. The third-order valence-corrected chi connectivity index (χ3v) is 3.62. The van der Waals surface area contributed by atoms with E-state index in [9.17, 15) is 4.79 Å². The van der Waals surface area contributed by atoms with Gasteiger partial charge in [-0.25, -0.2) is 0 Å². The van der Waals surface area contributed by atoms with Crippen LogP contribution in [0.2, 0.25) is 5.02 Å². The Morgan fingerprint density at radius 1 is 1.33 bits per heavy atom. The van der Waals surface area contributed by atoms with E-state index >= 15 is 0 Å². The van der Waals surface area contributed by atoms with Gasteiger partial charge in [0, 0.05) is 36.3 Å². The standard InChI is InChI=1S/C14H19ClN2O/c1-2-14(18)17-9-7-13(8-10-17)16-12-5-3-11(15)4-6-12/h3-6,13,16H,2,7-10H2,1H3. The molecule has 18 heavy (non-hydrogen) atoms. The second-order valence-electron chi connectivity index (χ2n) is 4.66. The molecule has 1 aromatic carbocycles. The molecule has 0 bridgehead atoms. The van der Waals surface area contributed by atoms with Gasteiger partial charge in [0.2, 0.25) is 5.91 Å². The lowest BCUT2D eigenvalue weighted by Crippen LogP contribution is -2.42. The Labute approximate surface area is 113 Å². The minimum absolute atomic E-state index is 0.264. The molecule has 1 saturated heterocycles. The minimum Gasteiger partial charge on any atom is -0.382 e. The minimum atomic E-state index is 0.264. The van der Waals surface area contributed by atoms with E-state index in [0.29, 0.717) is 12.5 Å². The molecule has 1 aromatic rings. The van der Waals surface area contributed by atoms with E-state index in [0.717, 1.165) is 36.6 Å². The quantitative estimate of drug-likeness (QED) is 0.912. The second-order valence-corrected chi connectivity index (χ2v) is 5.10. The van der Waals surface area contributed by atoms with Crippen molar-refractivity contribution < 1.29 is 4.79 Å². The molecule has 0 atom stereocenters. The van der Waals surface area contributed by atoms with Crippen LogP contribution < -0.4 is 5.32 Å². The molecule has 0 unspecified atom stereocenters. The molecule has 1 aliphatic heterocycles. The number of amides is 1. The highest BCUT2D eigenvalue weighted by atomic mass is 35.5. The van der Waals surface area contributed by atoms with Gasteiger partial charge in [0.1, 0.15) is 0 Å². The van der Waals surface area contributed by atoms with E-state index in [-0.39, 0.29) is 5.91 Å². The molecule has 4 heteroatoms. The van der Waals surface area contributed by atoms with E-state index in [4.69, 9.17) is 11.6 Å². The lowest BCUT2D eigenvalue weighted by molar-refractivity contribution is -0.131. The first-order valence-electron chi connectivity index (χ1n) is 6.49. The molecule has 0 saturated carbocycles. The average molecular weight is 267 g/mol. The Bertz CT molecular complexity index is 397. The zero-order valence-electron chi connectivity index (χ0n) is 10.7. The molecule has 98 valence electrons. The van der Waals surface area contributed by atoms with E-state index < -0.39 is 0 Å². The number of halogens is 1. The largest absolute Gasteiger partial charge is 0.382 e. The highest BCUT2D eigenvalue weighted by Crippen LogP contribution is 2.19. The maximum Gasteiger partial charge on any atom is 0.222 e. The van der Waals surface area contributed by atoms with Gasteiger partial charge >= 0.3 is 0 Å². The predicted octanol–water partition coefficient (Wildman–Crippen LogP) is 3.15. The summed E-state index contributed by atoms with van der Waals surface area (Å²) in [5.74, 6) is 0.264. The number of carbonyl (C=O) groups excluding carboxylic acids is 1. The van der Waals surface area contributed by atoms with Crippen LogP contribution in [0.25, 0.3) is 0 Å². The molecular formula is C14H19ClN2O. The van der Waals surface area contributed by atoms with Crippen molar-refractivity contribution in [2.45, 2.75) is 32.2 Å². The van der Waals surface area contributed by atoms with Crippen LogP contribution in [-0.4, -0.2) is 29.9 Å². The summed E-state index contributed by atoms with van der Waals surface area (Å²) >= 11 is 5.85. The maximum atomic E-state index is 11.6. The number of benzene rings is 1. The topological polar surface area (TPSA) is 32.3 Å². The van der Waals surface area contributed by atoms with Crippen molar-refractivity contribution >= 4 is 23.2 Å². The summed E-state index contributed by atoms with van der Waals surface area (Å²) in [6, 6.07) is 8.21. The van der Waals surface area contributed by atoms with Crippen LogP contribution in [0.3, 0.4) is 0 Å². The summed E-state index contributed by atoms with van der Waals surface area (Å²) in [5, 5.41) is 4.24. The zero-order valence-corrected chi connectivity index (χ0v) is 11.4. The number of likely N-dealkylation sites (tertiary alicyclic amines) is 1. The van der Waals surface area contributed by atoms with Gasteiger partial charge in [-0.3, -0.25) is 4.79 Å². The predicted molar refractivity (Wildman–Crippen MR) is 75.0 cm³/mol. The van der Waals surface area contributed by atoms with Crippen LogP contribution >= 0.6 is 11.6 Å². The van der Waals surface area contributed by atoms with Crippen LogP contribution in [0.5, 0.6) is 0 Å². The number of nitrogens with zero attached hydrogens (tertiary/aromatic N) is 1. The summed E-state index contributed by atoms with van der Waals surface area (Å²) in [6.45, 7) is 3.64. The van der Waals surface area contributed by atoms with Crippen molar-refractivity contribution in [2.75, 3.05) is 18.4 Å². The van der Waals surface area contributed by atoms with Crippen molar-refractivity contribution in [1.29, 1.82) is 0 Å². The summed E-state index contributed by atoms with van der Waals surface area (Å²) in [4.78, 5) is 13.5. The first-order chi connectivity index (χ1) is 8.69. The fourth-order valence-corrected chi connectivity index (χ4v) is 2.40. The molecule has 3 nitrogen and oxygen atoms in total. The fourth-order valence-electron chi connectivity index (χ4n) is 2.28. The van der Waals surface area contributed by atoms with Crippen molar-refractivity contribution in [3.8, 4) is 0 Å². The SMILES string of the molecule is CCC(=O)N1CCC(Nc2ccc(Cl)cc2)CC1. The van der Waals surface area contributed by atoms with Crippen molar-refractivity contribution in [1.82, 2.24) is 4.90 Å². The highest BCUT2D eigenvalue weighted by molar-refractivity contribution is 6.30. The summed E-state index contributed by atoms with van der Waals surface area (Å²) in [6.07, 6.45) is 2.62. The average Bonchev–Trinajstić information content (AvgIpc) is 2.41. The van der Waals surface area contributed by atoms with Crippen molar-refractivity contribution in [3.63, 3.8) is 0 Å². The molecule has 2 rings (SSSR count). The van der Waals surface area contributed by atoms with Gasteiger partial charge in [-0.1, -0.05) is 18.5 Å². The summed E-state index contributed by atoms with van der Waals surface area (Å²) in [7, 11) is 0. The van der Waals surface area contributed by atoms with Crippen LogP contribution in [0.1, 0.15) is 26.2 Å². The smallest absolute Gasteiger partial charge is 0.222 e. The number of hydrogen-bond acceptors (Lipinski definition) is 2. The van der Waals surface area contributed by atoms with Crippen molar-refractivity contribution in [3.05, 3.63) is 29.3 Å². The van der Waals surface area contributed by atoms with Gasteiger partial charge in [0.15, 0.2) is 0 Å². The second kappa shape index (κ2) is 6.10. The van der Waals surface area contributed by atoms with Crippen LogP contribution in [0.4, 0.5) is 5.69 Å². The Hall–Kier alpha value is -1.22. The molecule has 0 aromatic heterocycles. The molecule has 0 radical (unpaired) electrons. The molecule has 1 aliphatic rings. The van der Waals surface area contributed by atoms with E-state index in [1.165, 1.54) is 0 Å². The Morgan fingerprint density at radius 2 is 1.94 bits per heavy atom. The lowest BCUT2D eigenvalue weighted by atomic mass is 10.0. The summed E-state index contributed by atoms with van der Waals surface area (Å²) in [5.41, 5.74) is 1.10. The lowest BCUT2D eigenvalue weighted by Gasteiger charge is -2.32. The Morgan fingerprint density at radius 3 is 2.50 bits per heavy atom. The molecule has 1 N–H and O–H groups in total. The first-order valence-corrected chi connectivity index (χ1v) is 6.86. The van der Waals surface area contributed by atoms with Gasteiger partial charge < -0.3 is 10.2 Å². The number of carbonyl (C=O) groups is 1. The monoisotopic (exact) mass is 266 g/mol. The van der Waals surface area contributed by atoms with E-state index in [1.54, 1.807) is 0 Å². The zero-order chi connectivity index (χ0) is 13.0. The number of hydrogen-bond donors (Lipinski definition) is 1. The molecule has 1 fully saturated rings. The third-order valence-electron chi connectivity index (χ3n) is 3.37. The van der Waals surface area contributed by atoms with Crippen LogP contribution in [0.15, 0.2) is 24.3 Å². The maximum absolute atomic E-state index is 11.6. The van der Waals surface area contributed by atoms with Gasteiger partial charge in [-0.2, -0.15) is 0 Å². The van der Waals surface area contributed by atoms with E-state index in [1.807, 2.05) is 36.1 Å².